The average molecular weight is 312 g/mol. The largest absolute Gasteiger partial charge is 0.496 e. The predicted octanol–water partition coefficient (Wildman–Crippen LogP) is 4.57. The minimum Gasteiger partial charge on any atom is -0.496 e. The SMILES string of the molecule is COc1ccccc1-c1c[nH]cc1C(=O)c1ccc(Cl)cc1. The van der Waals surface area contributed by atoms with Crippen LogP contribution in [0.15, 0.2) is 60.9 Å². The summed E-state index contributed by atoms with van der Waals surface area (Å²) in [7, 11) is 1.62. The van der Waals surface area contributed by atoms with E-state index in [1.165, 1.54) is 0 Å². The predicted molar refractivity (Wildman–Crippen MR) is 87.7 cm³/mol. The first-order valence-electron chi connectivity index (χ1n) is 6.81. The van der Waals surface area contributed by atoms with E-state index in [9.17, 15) is 4.79 Å². The summed E-state index contributed by atoms with van der Waals surface area (Å²) in [6, 6.07) is 14.5. The Bertz CT molecular complexity index is 806. The van der Waals surface area contributed by atoms with Gasteiger partial charge in [-0.1, -0.05) is 29.8 Å². The fourth-order valence-electron chi connectivity index (χ4n) is 2.40. The molecular weight excluding hydrogens is 298 g/mol. The third kappa shape index (κ3) is 2.63. The van der Waals surface area contributed by atoms with Gasteiger partial charge in [-0.25, -0.2) is 0 Å². The van der Waals surface area contributed by atoms with Gasteiger partial charge in [0.25, 0.3) is 0 Å². The maximum absolute atomic E-state index is 12.7. The van der Waals surface area contributed by atoms with Gasteiger partial charge >= 0.3 is 0 Å². The Morgan fingerprint density at radius 3 is 2.45 bits per heavy atom. The van der Waals surface area contributed by atoms with E-state index in [2.05, 4.69) is 4.98 Å². The van der Waals surface area contributed by atoms with Crippen molar-refractivity contribution in [2.45, 2.75) is 0 Å². The molecule has 0 amide bonds. The van der Waals surface area contributed by atoms with Crippen molar-refractivity contribution in [1.82, 2.24) is 4.98 Å². The molecule has 3 nitrogen and oxygen atoms in total. The van der Waals surface area contributed by atoms with Gasteiger partial charge in [0, 0.05) is 39.7 Å². The summed E-state index contributed by atoms with van der Waals surface area (Å²) in [5.74, 6) is 0.672. The van der Waals surface area contributed by atoms with Gasteiger partial charge in [0.05, 0.1) is 7.11 Å². The summed E-state index contributed by atoms with van der Waals surface area (Å²) in [5.41, 5.74) is 2.90. The summed E-state index contributed by atoms with van der Waals surface area (Å²) < 4.78 is 5.38. The van der Waals surface area contributed by atoms with Gasteiger partial charge in [-0.2, -0.15) is 0 Å². The smallest absolute Gasteiger partial charge is 0.195 e. The highest BCUT2D eigenvalue weighted by Gasteiger charge is 2.17. The number of nitrogens with one attached hydrogen (secondary N) is 1. The number of rotatable bonds is 4. The topological polar surface area (TPSA) is 42.1 Å². The molecule has 3 aromatic rings. The highest BCUT2D eigenvalue weighted by molar-refractivity contribution is 6.30. The lowest BCUT2D eigenvalue weighted by Gasteiger charge is -2.09. The molecule has 0 spiro atoms. The molecule has 0 radical (unpaired) electrons. The Hall–Kier alpha value is -2.52. The van der Waals surface area contributed by atoms with Gasteiger partial charge in [-0.05, 0) is 30.3 Å². The first-order valence-corrected chi connectivity index (χ1v) is 7.19. The second-order valence-electron chi connectivity index (χ2n) is 4.82. The Labute approximate surface area is 133 Å². The van der Waals surface area contributed by atoms with Crippen molar-refractivity contribution in [3.8, 4) is 16.9 Å². The number of hydrogen-bond donors (Lipinski definition) is 1. The van der Waals surface area contributed by atoms with E-state index in [0.29, 0.717) is 16.1 Å². The molecule has 4 heteroatoms. The fraction of sp³-hybridized carbons (Fsp3) is 0.0556. The quantitative estimate of drug-likeness (QED) is 0.717. The Balaban J connectivity index is 2.05. The van der Waals surface area contributed by atoms with Crippen LogP contribution in [0.25, 0.3) is 11.1 Å². The fourth-order valence-corrected chi connectivity index (χ4v) is 2.52. The summed E-state index contributed by atoms with van der Waals surface area (Å²) in [6.07, 6.45) is 3.51. The van der Waals surface area contributed by atoms with Crippen LogP contribution in [0.4, 0.5) is 0 Å². The van der Waals surface area contributed by atoms with Crippen LogP contribution in [-0.2, 0) is 0 Å². The van der Waals surface area contributed by atoms with Crippen LogP contribution in [0, 0.1) is 0 Å². The first kappa shape index (κ1) is 14.4. The second kappa shape index (κ2) is 6.08. The third-order valence-corrected chi connectivity index (χ3v) is 3.75. The maximum atomic E-state index is 12.7. The van der Waals surface area contributed by atoms with Crippen LogP contribution >= 0.6 is 11.6 Å². The molecule has 1 aromatic heterocycles. The van der Waals surface area contributed by atoms with Crippen molar-refractivity contribution in [2.75, 3.05) is 7.11 Å². The molecule has 0 aliphatic heterocycles. The number of ketones is 1. The molecule has 0 atom stereocenters. The Kier molecular flexibility index (Phi) is 3.98. The molecule has 0 aliphatic carbocycles. The van der Waals surface area contributed by atoms with Gasteiger partial charge in [-0.3, -0.25) is 4.79 Å². The van der Waals surface area contributed by atoms with Gasteiger partial charge in [-0.15, -0.1) is 0 Å². The monoisotopic (exact) mass is 311 g/mol. The summed E-state index contributed by atoms with van der Waals surface area (Å²) in [5, 5.41) is 0.607. The average Bonchev–Trinajstić information content (AvgIpc) is 3.04. The summed E-state index contributed by atoms with van der Waals surface area (Å²) in [4.78, 5) is 15.7. The zero-order valence-electron chi connectivity index (χ0n) is 12.0. The number of H-pyrrole nitrogens is 1. The Morgan fingerprint density at radius 2 is 1.73 bits per heavy atom. The molecule has 110 valence electrons. The van der Waals surface area contributed by atoms with E-state index < -0.39 is 0 Å². The number of halogens is 1. The van der Waals surface area contributed by atoms with Crippen LogP contribution in [0.2, 0.25) is 5.02 Å². The van der Waals surface area contributed by atoms with Crippen LogP contribution < -0.4 is 4.74 Å². The molecule has 1 N–H and O–H groups in total. The van der Waals surface area contributed by atoms with E-state index in [-0.39, 0.29) is 5.78 Å². The van der Waals surface area contributed by atoms with Crippen molar-refractivity contribution in [3.63, 3.8) is 0 Å². The molecule has 0 saturated carbocycles. The molecule has 2 aromatic carbocycles. The van der Waals surface area contributed by atoms with Crippen LogP contribution in [0.3, 0.4) is 0 Å². The van der Waals surface area contributed by atoms with Crippen molar-refractivity contribution < 1.29 is 9.53 Å². The highest BCUT2D eigenvalue weighted by atomic mass is 35.5. The lowest BCUT2D eigenvalue weighted by atomic mass is 9.97. The molecule has 3 rings (SSSR count). The van der Waals surface area contributed by atoms with Gasteiger partial charge < -0.3 is 9.72 Å². The number of carbonyl (C=O) groups excluding carboxylic acids is 1. The summed E-state index contributed by atoms with van der Waals surface area (Å²) in [6.45, 7) is 0. The van der Waals surface area contributed by atoms with E-state index >= 15 is 0 Å². The summed E-state index contributed by atoms with van der Waals surface area (Å²) >= 11 is 5.87. The van der Waals surface area contributed by atoms with Crippen molar-refractivity contribution in [3.05, 3.63) is 77.1 Å². The molecule has 0 unspecified atom stereocenters. The Morgan fingerprint density at radius 1 is 1.00 bits per heavy atom. The van der Waals surface area contributed by atoms with Crippen molar-refractivity contribution in [1.29, 1.82) is 0 Å². The number of benzene rings is 2. The number of aromatic nitrogens is 1. The van der Waals surface area contributed by atoms with Crippen LogP contribution in [0.1, 0.15) is 15.9 Å². The molecule has 0 bridgehead atoms. The zero-order valence-corrected chi connectivity index (χ0v) is 12.7. The van der Waals surface area contributed by atoms with Crippen molar-refractivity contribution in [2.24, 2.45) is 0 Å². The van der Waals surface area contributed by atoms with Crippen molar-refractivity contribution >= 4 is 17.4 Å². The van der Waals surface area contributed by atoms with E-state index in [1.54, 1.807) is 43.8 Å². The second-order valence-corrected chi connectivity index (χ2v) is 5.26. The molecule has 0 fully saturated rings. The standard InChI is InChI=1S/C18H14ClNO2/c1-22-17-5-3-2-4-14(17)15-10-20-11-16(15)18(21)12-6-8-13(19)9-7-12/h2-11,20H,1H3. The number of para-hydroxylation sites is 1. The lowest BCUT2D eigenvalue weighted by Crippen LogP contribution is -2.01. The number of hydrogen-bond acceptors (Lipinski definition) is 2. The van der Waals surface area contributed by atoms with Gasteiger partial charge in [0.1, 0.15) is 5.75 Å². The number of ether oxygens (including phenoxy) is 1. The van der Waals surface area contributed by atoms with Gasteiger partial charge in [0.2, 0.25) is 0 Å². The van der Waals surface area contributed by atoms with E-state index in [4.69, 9.17) is 16.3 Å². The molecular formula is C18H14ClNO2. The highest BCUT2D eigenvalue weighted by Crippen LogP contribution is 2.33. The number of methoxy groups -OCH3 is 1. The number of aromatic amines is 1. The number of carbonyl (C=O) groups is 1. The lowest BCUT2D eigenvalue weighted by molar-refractivity contribution is 0.103. The zero-order chi connectivity index (χ0) is 15.5. The molecule has 22 heavy (non-hydrogen) atoms. The van der Waals surface area contributed by atoms with E-state index in [1.807, 2.05) is 24.3 Å². The minimum atomic E-state index is -0.0566. The van der Waals surface area contributed by atoms with Crippen LogP contribution in [0.5, 0.6) is 5.75 Å². The van der Waals surface area contributed by atoms with E-state index in [0.717, 1.165) is 16.9 Å². The molecule has 0 saturated heterocycles. The normalized spacial score (nSPS) is 10.5. The molecule has 0 aliphatic rings. The maximum Gasteiger partial charge on any atom is 0.195 e. The third-order valence-electron chi connectivity index (χ3n) is 3.49. The van der Waals surface area contributed by atoms with Crippen LogP contribution in [-0.4, -0.2) is 17.9 Å². The molecule has 1 heterocycles. The minimum absolute atomic E-state index is 0.0566. The van der Waals surface area contributed by atoms with Gasteiger partial charge in [0.15, 0.2) is 5.78 Å². The first-order chi connectivity index (χ1) is 10.7.